The predicted octanol–water partition coefficient (Wildman–Crippen LogP) is 2.76. The third-order valence-corrected chi connectivity index (χ3v) is 3.26. The Bertz CT molecular complexity index is 572. The highest BCUT2D eigenvalue weighted by molar-refractivity contribution is 5.41. The van der Waals surface area contributed by atoms with Crippen molar-refractivity contribution in [1.29, 1.82) is 0 Å². The number of rotatable bonds is 3. The molecule has 0 atom stereocenters. The van der Waals surface area contributed by atoms with E-state index < -0.39 is 5.60 Å². The SMILES string of the molecule is OC(c1ccccc1)(c1ccccn1)c1ccccn1. The van der Waals surface area contributed by atoms with Crippen LogP contribution in [0.25, 0.3) is 0 Å². The van der Waals surface area contributed by atoms with Crippen LogP contribution < -0.4 is 0 Å². The zero-order chi connectivity index (χ0) is 13.8. The van der Waals surface area contributed by atoms with E-state index in [0.29, 0.717) is 11.4 Å². The first kappa shape index (κ1) is 12.5. The molecule has 2 heterocycles. The number of aliphatic hydroxyl groups is 1. The molecule has 98 valence electrons. The molecule has 3 rings (SSSR count). The van der Waals surface area contributed by atoms with Gasteiger partial charge in [0, 0.05) is 12.4 Å². The molecule has 2 aromatic heterocycles. The molecule has 0 unspecified atom stereocenters. The van der Waals surface area contributed by atoms with E-state index in [9.17, 15) is 5.11 Å². The van der Waals surface area contributed by atoms with E-state index in [4.69, 9.17) is 0 Å². The molecule has 0 spiro atoms. The van der Waals surface area contributed by atoms with Gasteiger partial charge in [0.25, 0.3) is 0 Å². The fourth-order valence-electron chi connectivity index (χ4n) is 2.26. The lowest BCUT2D eigenvalue weighted by molar-refractivity contribution is 0.116. The summed E-state index contributed by atoms with van der Waals surface area (Å²) in [4.78, 5) is 8.63. The number of benzene rings is 1. The maximum Gasteiger partial charge on any atom is 0.174 e. The quantitative estimate of drug-likeness (QED) is 0.789. The lowest BCUT2D eigenvalue weighted by Crippen LogP contribution is -2.30. The summed E-state index contributed by atoms with van der Waals surface area (Å²) >= 11 is 0. The van der Waals surface area contributed by atoms with Crippen molar-refractivity contribution in [3.05, 3.63) is 96.1 Å². The van der Waals surface area contributed by atoms with Gasteiger partial charge in [0.15, 0.2) is 5.60 Å². The minimum absolute atomic E-state index is 0.560. The van der Waals surface area contributed by atoms with E-state index in [-0.39, 0.29) is 0 Å². The van der Waals surface area contributed by atoms with Gasteiger partial charge in [-0.05, 0) is 29.8 Å². The molecule has 0 aliphatic heterocycles. The second-order valence-electron chi connectivity index (χ2n) is 4.51. The maximum absolute atomic E-state index is 11.3. The maximum atomic E-state index is 11.3. The van der Waals surface area contributed by atoms with E-state index >= 15 is 0 Å². The molecule has 3 nitrogen and oxygen atoms in total. The fraction of sp³-hybridized carbons (Fsp3) is 0.0588. The van der Waals surface area contributed by atoms with Gasteiger partial charge >= 0.3 is 0 Å². The standard InChI is InChI=1S/C17H14N2O/c20-17(14-8-2-1-3-9-14,15-10-4-6-12-18-15)16-11-5-7-13-19-16/h1-13,20H. The molecule has 1 N–H and O–H groups in total. The molecule has 0 saturated heterocycles. The minimum Gasteiger partial charge on any atom is -0.373 e. The van der Waals surface area contributed by atoms with Crippen molar-refractivity contribution >= 4 is 0 Å². The van der Waals surface area contributed by atoms with E-state index in [0.717, 1.165) is 5.56 Å². The van der Waals surface area contributed by atoms with Crippen LogP contribution in [-0.2, 0) is 5.60 Å². The van der Waals surface area contributed by atoms with Gasteiger partial charge in [0.1, 0.15) is 0 Å². The molecular weight excluding hydrogens is 248 g/mol. The smallest absolute Gasteiger partial charge is 0.174 e. The molecule has 0 amide bonds. The van der Waals surface area contributed by atoms with Crippen LogP contribution in [0.4, 0.5) is 0 Å². The molecule has 3 aromatic rings. The zero-order valence-electron chi connectivity index (χ0n) is 10.8. The summed E-state index contributed by atoms with van der Waals surface area (Å²) in [5.41, 5.74) is 0.524. The summed E-state index contributed by atoms with van der Waals surface area (Å²) in [5, 5.41) is 11.3. The number of hydrogen-bond acceptors (Lipinski definition) is 3. The molecule has 0 aliphatic carbocycles. The van der Waals surface area contributed by atoms with Crippen LogP contribution >= 0.6 is 0 Å². The lowest BCUT2D eigenvalue weighted by Gasteiger charge is -2.27. The lowest BCUT2D eigenvalue weighted by atomic mass is 9.86. The van der Waals surface area contributed by atoms with Crippen molar-refractivity contribution in [2.24, 2.45) is 0 Å². The first-order chi connectivity index (χ1) is 9.82. The van der Waals surface area contributed by atoms with Gasteiger partial charge in [-0.2, -0.15) is 0 Å². The Morgan fingerprint density at radius 2 is 1.15 bits per heavy atom. The van der Waals surface area contributed by atoms with Crippen molar-refractivity contribution in [2.45, 2.75) is 5.60 Å². The summed E-state index contributed by atoms with van der Waals surface area (Å²) in [6, 6.07) is 20.5. The average Bonchev–Trinajstić information content (AvgIpc) is 2.56. The number of hydrogen-bond donors (Lipinski definition) is 1. The molecule has 3 heteroatoms. The first-order valence-corrected chi connectivity index (χ1v) is 6.43. The van der Waals surface area contributed by atoms with Gasteiger partial charge in [-0.1, -0.05) is 42.5 Å². The van der Waals surface area contributed by atoms with Crippen LogP contribution in [0.15, 0.2) is 79.1 Å². The molecule has 20 heavy (non-hydrogen) atoms. The Morgan fingerprint density at radius 3 is 1.60 bits per heavy atom. The Kier molecular flexibility index (Phi) is 3.27. The van der Waals surface area contributed by atoms with E-state index in [2.05, 4.69) is 9.97 Å². The largest absolute Gasteiger partial charge is 0.373 e. The first-order valence-electron chi connectivity index (χ1n) is 6.43. The van der Waals surface area contributed by atoms with Crippen molar-refractivity contribution in [3.63, 3.8) is 0 Å². The van der Waals surface area contributed by atoms with Crippen LogP contribution in [0.3, 0.4) is 0 Å². The summed E-state index contributed by atoms with van der Waals surface area (Å²) in [5.74, 6) is 0. The van der Waals surface area contributed by atoms with Gasteiger partial charge in [0.2, 0.25) is 0 Å². The van der Waals surface area contributed by atoms with E-state index in [1.807, 2.05) is 66.7 Å². The van der Waals surface area contributed by atoms with Crippen molar-refractivity contribution in [1.82, 2.24) is 9.97 Å². The third kappa shape index (κ3) is 2.08. The van der Waals surface area contributed by atoms with E-state index in [1.54, 1.807) is 12.4 Å². The summed E-state index contributed by atoms with van der Waals surface area (Å²) in [6.07, 6.45) is 3.35. The number of aromatic nitrogens is 2. The Morgan fingerprint density at radius 1 is 0.650 bits per heavy atom. The van der Waals surface area contributed by atoms with Crippen molar-refractivity contribution < 1.29 is 5.11 Å². The van der Waals surface area contributed by atoms with Crippen LogP contribution in [0.1, 0.15) is 17.0 Å². The van der Waals surface area contributed by atoms with Gasteiger partial charge in [0.05, 0.1) is 11.4 Å². The molecule has 0 fully saturated rings. The number of pyridine rings is 2. The topological polar surface area (TPSA) is 46.0 Å². The second kappa shape index (κ2) is 5.23. The van der Waals surface area contributed by atoms with Gasteiger partial charge < -0.3 is 5.11 Å². The Balaban J connectivity index is 2.24. The highest BCUT2D eigenvalue weighted by atomic mass is 16.3. The fourth-order valence-corrected chi connectivity index (χ4v) is 2.26. The highest BCUT2D eigenvalue weighted by Gasteiger charge is 2.36. The average molecular weight is 262 g/mol. The van der Waals surface area contributed by atoms with Crippen LogP contribution in [-0.4, -0.2) is 15.1 Å². The van der Waals surface area contributed by atoms with Crippen LogP contribution in [0, 0.1) is 0 Å². The van der Waals surface area contributed by atoms with Crippen LogP contribution in [0.2, 0.25) is 0 Å². The minimum atomic E-state index is -1.34. The molecule has 0 radical (unpaired) electrons. The molecule has 0 aliphatic rings. The molecule has 1 aromatic carbocycles. The molecule has 0 saturated carbocycles. The monoisotopic (exact) mass is 262 g/mol. The van der Waals surface area contributed by atoms with Crippen LogP contribution in [0.5, 0.6) is 0 Å². The van der Waals surface area contributed by atoms with Crippen molar-refractivity contribution in [3.8, 4) is 0 Å². The Labute approximate surface area is 117 Å². The zero-order valence-corrected chi connectivity index (χ0v) is 10.8. The predicted molar refractivity (Wildman–Crippen MR) is 77.0 cm³/mol. The summed E-state index contributed by atoms with van der Waals surface area (Å²) < 4.78 is 0. The Hall–Kier alpha value is -2.52. The normalized spacial score (nSPS) is 11.2. The second-order valence-corrected chi connectivity index (χ2v) is 4.51. The molecular formula is C17H14N2O. The van der Waals surface area contributed by atoms with Crippen molar-refractivity contribution in [2.75, 3.05) is 0 Å². The highest BCUT2D eigenvalue weighted by Crippen LogP contribution is 2.33. The summed E-state index contributed by atoms with van der Waals surface area (Å²) in [7, 11) is 0. The van der Waals surface area contributed by atoms with Gasteiger partial charge in [-0.15, -0.1) is 0 Å². The number of nitrogens with zero attached hydrogens (tertiary/aromatic N) is 2. The van der Waals surface area contributed by atoms with Gasteiger partial charge in [-0.25, -0.2) is 0 Å². The molecule has 0 bridgehead atoms. The van der Waals surface area contributed by atoms with Gasteiger partial charge in [-0.3, -0.25) is 9.97 Å². The third-order valence-electron chi connectivity index (χ3n) is 3.26. The van der Waals surface area contributed by atoms with E-state index in [1.165, 1.54) is 0 Å². The summed E-state index contributed by atoms with van der Waals surface area (Å²) in [6.45, 7) is 0.